The van der Waals surface area contributed by atoms with Crippen molar-refractivity contribution in [2.24, 2.45) is 0 Å². The Kier molecular flexibility index (Phi) is 8.29. The second kappa shape index (κ2) is 11.2. The minimum Gasteiger partial charge on any atom is -0.497 e. The van der Waals surface area contributed by atoms with Crippen LogP contribution in [0.3, 0.4) is 0 Å². The van der Waals surface area contributed by atoms with Gasteiger partial charge in [-0.25, -0.2) is 13.4 Å². The van der Waals surface area contributed by atoms with Gasteiger partial charge < -0.3 is 15.0 Å². The SMILES string of the molecule is CCCCc1ccc(S(=O)(=O)c2cnc(SCC(=O)Nc3cccc(OC)c3)[nH]c2=O)cc1. The fraction of sp³-hybridized carbons (Fsp3) is 0.261. The lowest BCUT2D eigenvalue weighted by atomic mass is 10.1. The number of carbonyl (C=O) groups is 1. The van der Waals surface area contributed by atoms with Gasteiger partial charge in [0.1, 0.15) is 5.75 Å². The van der Waals surface area contributed by atoms with Gasteiger partial charge in [-0.15, -0.1) is 0 Å². The number of ether oxygens (including phenoxy) is 1. The number of nitrogens with zero attached hydrogens (tertiary/aromatic N) is 1. The molecule has 0 radical (unpaired) electrons. The van der Waals surface area contributed by atoms with Gasteiger partial charge in [-0.05, 0) is 42.7 Å². The fourth-order valence-electron chi connectivity index (χ4n) is 3.01. The Balaban J connectivity index is 1.66. The predicted molar refractivity (Wildman–Crippen MR) is 128 cm³/mol. The Morgan fingerprint density at radius 1 is 1.18 bits per heavy atom. The van der Waals surface area contributed by atoms with Crippen molar-refractivity contribution in [2.75, 3.05) is 18.2 Å². The van der Waals surface area contributed by atoms with Crippen LogP contribution in [0.1, 0.15) is 25.3 Å². The maximum Gasteiger partial charge on any atom is 0.270 e. The predicted octanol–water partition coefficient (Wildman–Crippen LogP) is 3.68. The van der Waals surface area contributed by atoms with E-state index in [-0.39, 0.29) is 21.7 Å². The Bertz CT molecular complexity index is 1270. The van der Waals surface area contributed by atoms with Crippen molar-refractivity contribution in [1.82, 2.24) is 9.97 Å². The highest BCUT2D eigenvalue weighted by atomic mass is 32.2. The summed E-state index contributed by atoms with van der Waals surface area (Å²) in [7, 11) is -2.48. The first-order valence-electron chi connectivity index (χ1n) is 10.3. The van der Waals surface area contributed by atoms with Crippen molar-refractivity contribution in [3.63, 3.8) is 0 Å². The lowest BCUT2D eigenvalue weighted by Crippen LogP contribution is -2.20. The third-order valence-corrected chi connectivity index (χ3v) is 7.43. The number of benzene rings is 2. The minimum absolute atomic E-state index is 0.0224. The van der Waals surface area contributed by atoms with Gasteiger partial charge in [0.2, 0.25) is 15.7 Å². The van der Waals surface area contributed by atoms with Gasteiger partial charge in [0.15, 0.2) is 10.1 Å². The largest absolute Gasteiger partial charge is 0.497 e. The molecule has 1 aromatic heterocycles. The maximum absolute atomic E-state index is 12.9. The smallest absolute Gasteiger partial charge is 0.270 e. The quantitative estimate of drug-likeness (QED) is 0.331. The van der Waals surface area contributed by atoms with Crippen LogP contribution in [-0.2, 0) is 21.1 Å². The second-order valence-corrected chi connectivity index (χ2v) is 10.1. The van der Waals surface area contributed by atoms with Crippen LogP contribution in [0.5, 0.6) is 5.75 Å². The van der Waals surface area contributed by atoms with E-state index in [1.165, 1.54) is 19.2 Å². The van der Waals surface area contributed by atoms with E-state index in [9.17, 15) is 18.0 Å². The van der Waals surface area contributed by atoms with Gasteiger partial charge in [-0.3, -0.25) is 9.59 Å². The molecular weight excluding hydrogens is 462 g/mol. The van der Waals surface area contributed by atoms with Crippen molar-refractivity contribution >= 4 is 33.2 Å². The average molecular weight is 488 g/mol. The highest BCUT2D eigenvalue weighted by Crippen LogP contribution is 2.21. The molecule has 0 bridgehead atoms. The Hall–Kier alpha value is -3.11. The minimum atomic E-state index is -4.01. The van der Waals surface area contributed by atoms with Crippen LogP contribution in [0.25, 0.3) is 0 Å². The van der Waals surface area contributed by atoms with Crippen molar-refractivity contribution in [2.45, 2.75) is 41.1 Å². The van der Waals surface area contributed by atoms with Crippen LogP contribution in [0.2, 0.25) is 0 Å². The molecule has 0 saturated heterocycles. The summed E-state index contributed by atoms with van der Waals surface area (Å²) in [5.41, 5.74) is 0.834. The zero-order valence-electron chi connectivity index (χ0n) is 18.3. The number of aromatic nitrogens is 2. The molecule has 174 valence electrons. The Morgan fingerprint density at radius 3 is 2.61 bits per heavy atom. The van der Waals surface area contributed by atoms with Gasteiger partial charge in [-0.1, -0.05) is 43.3 Å². The normalized spacial score (nSPS) is 11.2. The molecule has 0 aliphatic rings. The first-order valence-corrected chi connectivity index (χ1v) is 12.8. The van der Waals surface area contributed by atoms with E-state index in [0.29, 0.717) is 11.4 Å². The number of aromatic amines is 1. The van der Waals surface area contributed by atoms with Crippen molar-refractivity contribution in [3.8, 4) is 5.75 Å². The number of anilines is 1. The number of H-pyrrole nitrogens is 1. The average Bonchev–Trinajstić information content (AvgIpc) is 2.81. The molecule has 0 aliphatic heterocycles. The number of rotatable bonds is 10. The molecule has 0 unspecified atom stereocenters. The molecule has 0 atom stereocenters. The molecule has 0 fully saturated rings. The molecular formula is C23H25N3O5S2. The number of amides is 1. The molecule has 0 spiro atoms. The first kappa shape index (κ1) is 24.5. The third kappa shape index (κ3) is 6.45. The summed E-state index contributed by atoms with van der Waals surface area (Å²) in [4.78, 5) is 30.7. The molecule has 0 aliphatic carbocycles. The number of thioether (sulfide) groups is 1. The number of methoxy groups -OCH3 is 1. The molecule has 3 aromatic rings. The summed E-state index contributed by atoms with van der Waals surface area (Å²) in [5.74, 6) is 0.278. The number of hydrogen-bond acceptors (Lipinski definition) is 7. The third-order valence-electron chi connectivity index (χ3n) is 4.78. The molecule has 10 heteroatoms. The molecule has 1 heterocycles. The fourth-order valence-corrected chi connectivity index (χ4v) is 4.87. The van der Waals surface area contributed by atoms with E-state index in [0.717, 1.165) is 42.8 Å². The summed E-state index contributed by atoms with van der Waals surface area (Å²) in [6.45, 7) is 2.09. The zero-order valence-corrected chi connectivity index (χ0v) is 20.0. The van der Waals surface area contributed by atoms with Gasteiger partial charge in [0.05, 0.1) is 24.0 Å². The molecule has 2 aromatic carbocycles. The number of nitrogens with one attached hydrogen (secondary N) is 2. The van der Waals surface area contributed by atoms with Crippen LogP contribution < -0.4 is 15.6 Å². The number of unbranched alkanes of at least 4 members (excludes halogenated alkanes) is 1. The van der Waals surface area contributed by atoms with Gasteiger partial charge in [-0.2, -0.15) is 0 Å². The van der Waals surface area contributed by atoms with Crippen molar-refractivity contribution in [3.05, 3.63) is 70.6 Å². The monoisotopic (exact) mass is 487 g/mol. The Morgan fingerprint density at radius 2 is 1.94 bits per heavy atom. The topological polar surface area (TPSA) is 118 Å². The zero-order chi connectivity index (χ0) is 23.8. The van der Waals surface area contributed by atoms with Crippen LogP contribution in [-0.4, -0.2) is 37.2 Å². The number of carbonyl (C=O) groups excluding carboxylic acids is 1. The summed E-state index contributed by atoms with van der Waals surface area (Å²) < 4.78 is 30.9. The van der Waals surface area contributed by atoms with Gasteiger partial charge >= 0.3 is 0 Å². The highest BCUT2D eigenvalue weighted by Gasteiger charge is 2.22. The number of hydrogen-bond donors (Lipinski definition) is 2. The van der Waals surface area contributed by atoms with E-state index >= 15 is 0 Å². The number of aryl methyl sites for hydroxylation is 1. The molecule has 33 heavy (non-hydrogen) atoms. The molecule has 3 rings (SSSR count). The van der Waals surface area contributed by atoms with E-state index in [1.54, 1.807) is 36.4 Å². The van der Waals surface area contributed by atoms with Crippen LogP contribution in [0.4, 0.5) is 5.69 Å². The van der Waals surface area contributed by atoms with Crippen molar-refractivity contribution < 1.29 is 17.9 Å². The van der Waals surface area contributed by atoms with Gasteiger partial charge in [0.25, 0.3) is 5.56 Å². The lowest BCUT2D eigenvalue weighted by Gasteiger charge is -2.08. The van der Waals surface area contributed by atoms with Gasteiger partial charge in [0, 0.05) is 11.8 Å². The first-order chi connectivity index (χ1) is 15.8. The Labute approximate surface area is 196 Å². The number of sulfone groups is 1. The van der Waals surface area contributed by atoms with Crippen LogP contribution in [0, 0.1) is 0 Å². The van der Waals surface area contributed by atoms with E-state index in [2.05, 4.69) is 22.2 Å². The standard InChI is InChI=1S/C23H25N3O5S2/c1-3-4-6-16-9-11-19(12-10-16)33(29,30)20-14-24-23(26-22(20)28)32-15-21(27)25-17-7-5-8-18(13-17)31-2/h5,7-14H,3-4,6,15H2,1-2H3,(H,25,27)(H,24,26,28). The molecule has 1 amide bonds. The lowest BCUT2D eigenvalue weighted by molar-refractivity contribution is -0.113. The summed E-state index contributed by atoms with van der Waals surface area (Å²) in [6.07, 6.45) is 3.97. The van der Waals surface area contributed by atoms with Crippen molar-refractivity contribution in [1.29, 1.82) is 0 Å². The highest BCUT2D eigenvalue weighted by molar-refractivity contribution is 7.99. The van der Waals surface area contributed by atoms with Crippen LogP contribution >= 0.6 is 11.8 Å². The second-order valence-electron chi connectivity index (χ2n) is 7.20. The molecule has 8 nitrogen and oxygen atoms in total. The summed E-state index contributed by atoms with van der Waals surface area (Å²) in [5, 5.41) is 2.87. The summed E-state index contributed by atoms with van der Waals surface area (Å²) in [6, 6.07) is 13.4. The van der Waals surface area contributed by atoms with E-state index in [1.807, 2.05) is 0 Å². The van der Waals surface area contributed by atoms with Crippen LogP contribution in [0.15, 0.2) is 74.5 Å². The molecule has 2 N–H and O–H groups in total. The molecule has 0 saturated carbocycles. The summed E-state index contributed by atoms with van der Waals surface area (Å²) >= 11 is 0.992. The van der Waals surface area contributed by atoms with E-state index < -0.39 is 20.3 Å². The van der Waals surface area contributed by atoms with E-state index in [4.69, 9.17) is 4.74 Å². The maximum atomic E-state index is 12.9.